The van der Waals surface area contributed by atoms with Crippen LogP contribution in [-0.2, 0) is 0 Å². The Bertz CT molecular complexity index is 739. The Hall–Kier alpha value is -2.20. The lowest BCUT2D eigenvalue weighted by Crippen LogP contribution is -1.96. The molecule has 0 unspecified atom stereocenters. The van der Waals surface area contributed by atoms with Gasteiger partial charge in [0.25, 0.3) is 0 Å². The highest BCUT2D eigenvalue weighted by atomic mass is 32.1. The average molecular weight is 267 g/mol. The van der Waals surface area contributed by atoms with Crippen molar-refractivity contribution in [2.45, 2.75) is 6.92 Å². The van der Waals surface area contributed by atoms with E-state index in [1.54, 1.807) is 0 Å². The van der Waals surface area contributed by atoms with Crippen molar-refractivity contribution in [3.05, 3.63) is 64.9 Å². The molecular formula is C15H13N3S. The molecule has 94 valence electrons. The Morgan fingerprint density at radius 2 is 1.68 bits per heavy atom. The molecule has 0 radical (unpaired) electrons. The summed E-state index contributed by atoms with van der Waals surface area (Å²) in [5.41, 5.74) is 3.24. The minimum atomic E-state index is 0.530. The molecule has 0 bridgehead atoms. The number of aromatic nitrogens is 3. The summed E-state index contributed by atoms with van der Waals surface area (Å²) in [7, 11) is 0. The molecule has 0 saturated heterocycles. The van der Waals surface area contributed by atoms with Gasteiger partial charge in [0.15, 0.2) is 5.82 Å². The highest BCUT2D eigenvalue weighted by Gasteiger charge is 2.05. The molecule has 0 fully saturated rings. The maximum atomic E-state index is 5.31. The van der Waals surface area contributed by atoms with Crippen molar-refractivity contribution in [3.63, 3.8) is 0 Å². The quantitative estimate of drug-likeness (QED) is 0.714. The fourth-order valence-electron chi connectivity index (χ4n) is 1.92. The summed E-state index contributed by atoms with van der Waals surface area (Å²) in [4.78, 5) is 4.40. The number of aromatic amines is 1. The molecule has 2 aromatic carbocycles. The Labute approximate surface area is 116 Å². The monoisotopic (exact) mass is 267 g/mol. The van der Waals surface area contributed by atoms with Crippen molar-refractivity contribution in [1.82, 2.24) is 14.8 Å². The van der Waals surface area contributed by atoms with Gasteiger partial charge in [0.05, 0.1) is 5.69 Å². The number of rotatable bonds is 2. The van der Waals surface area contributed by atoms with Crippen molar-refractivity contribution >= 4 is 12.2 Å². The van der Waals surface area contributed by atoms with Gasteiger partial charge in [-0.1, -0.05) is 48.0 Å². The van der Waals surface area contributed by atoms with E-state index in [4.69, 9.17) is 12.2 Å². The molecule has 0 saturated carbocycles. The topological polar surface area (TPSA) is 33.6 Å². The zero-order chi connectivity index (χ0) is 13.2. The van der Waals surface area contributed by atoms with E-state index in [0.29, 0.717) is 4.77 Å². The van der Waals surface area contributed by atoms with Crippen LogP contribution in [0.2, 0.25) is 0 Å². The van der Waals surface area contributed by atoms with E-state index in [2.05, 4.69) is 29.1 Å². The van der Waals surface area contributed by atoms with Gasteiger partial charge >= 0.3 is 0 Å². The maximum absolute atomic E-state index is 5.31. The molecule has 0 aliphatic heterocycles. The number of H-pyrrole nitrogens is 1. The fraction of sp³-hybridized carbons (Fsp3) is 0.0667. The Balaban J connectivity index is 2.08. The van der Waals surface area contributed by atoms with Crippen LogP contribution in [-0.4, -0.2) is 14.8 Å². The van der Waals surface area contributed by atoms with Crippen LogP contribution in [0.25, 0.3) is 17.1 Å². The van der Waals surface area contributed by atoms with Crippen molar-refractivity contribution in [2.24, 2.45) is 0 Å². The van der Waals surface area contributed by atoms with Crippen LogP contribution in [0.15, 0.2) is 54.6 Å². The van der Waals surface area contributed by atoms with E-state index in [0.717, 1.165) is 17.1 Å². The Kier molecular flexibility index (Phi) is 3.01. The average Bonchev–Trinajstić information content (AvgIpc) is 2.83. The van der Waals surface area contributed by atoms with Crippen molar-refractivity contribution in [2.75, 3.05) is 0 Å². The first-order valence-corrected chi connectivity index (χ1v) is 6.46. The first-order valence-electron chi connectivity index (χ1n) is 6.05. The summed E-state index contributed by atoms with van der Waals surface area (Å²) < 4.78 is 2.35. The van der Waals surface area contributed by atoms with E-state index in [9.17, 15) is 0 Å². The van der Waals surface area contributed by atoms with Crippen LogP contribution in [0.4, 0.5) is 0 Å². The molecule has 1 N–H and O–H groups in total. The second-order valence-electron chi connectivity index (χ2n) is 4.39. The summed E-state index contributed by atoms with van der Waals surface area (Å²) in [6, 6.07) is 18.1. The molecule has 3 aromatic rings. The fourth-order valence-corrected chi connectivity index (χ4v) is 2.16. The van der Waals surface area contributed by atoms with Gasteiger partial charge in [-0.3, -0.25) is 5.10 Å². The third kappa shape index (κ3) is 2.35. The van der Waals surface area contributed by atoms with E-state index < -0.39 is 0 Å². The van der Waals surface area contributed by atoms with Gasteiger partial charge in [0.2, 0.25) is 4.77 Å². The third-order valence-corrected chi connectivity index (χ3v) is 3.23. The molecule has 4 heteroatoms. The van der Waals surface area contributed by atoms with Crippen LogP contribution >= 0.6 is 12.2 Å². The minimum Gasteiger partial charge on any atom is -0.274 e. The van der Waals surface area contributed by atoms with Crippen molar-refractivity contribution in [3.8, 4) is 17.1 Å². The predicted molar refractivity (Wildman–Crippen MR) is 78.9 cm³/mol. The number of benzene rings is 2. The summed E-state index contributed by atoms with van der Waals surface area (Å²) >= 11 is 5.31. The zero-order valence-electron chi connectivity index (χ0n) is 10.5. The van der Waals surface area contributed by atoms with Crippen LogP contribution in [0.3, 0.4) is 0 Å². The predicted octanol–water partition coefficient (Wildman–Crippen LogP) is 3.91. The summed E-state index contributed by atoms with van der Waals surface area (Å²) in [6.45, 7) is 2.06. The summed E-state index contributed by atoms with van der Waals surface area (Å²) in [5.74, 6) is 0.783. The highest BCUT2D eigenvalue weighted by Crippen LogP contribution is 2.16. The normalized spacial score (nSPS) is 10.6. The lowest BCUT2D eigenvalue weighted by Gasteiger charge is -2.02. The minimum absolute atomic E-state index is 0.530. The van der Waals surface area contributed by atoms with E-state index in [1.807, 2.05) is 47.1 Å². The standard InChI is InChI=1S/C15H13N3S/c1-11-7-9-13(10-8-11)18-15(19)16-14(17-18)12-5-3-2-4-6-12/h2-10H,1H3,(H,16,17,19). The lowest BCUT2D eigenvalue weighted by molar-refractivity contribution is 0.868. The van der Waals surface area contributed by atoms with E-state index in [1.165, 1.54) is 5.56 Å². The van der Waals surface area contributed by atoms with Crippen LogP contribution < -0.4 is 0 Å². The number of nitrogens with zero attached hydrogens (tertiary/aromatic N) is 2. The number of nitrogens with one attached hydrogen (secondary N) is 1. The van der Waals surface area contributed by atoms with E-state index >= 15 is 0 Å². The molecule has 1 aromatic heterocycles. The molecule has 3 rings (SSSR count). The first-order chi connectivity index (χ1) is 9.24. The van der Waals surface area contributed by atoms with Gasteiger partial charge in [-0.05, 0) is 31.3 Å². The summed E-state index contributed by atoms with van der Waals surface area (Å²) in [6.07, 6.45) is 0. The summed E-state index contributed by atoms with van der Waals surface area (Å²) in [5, 5.41) is 3.23. The first kappa shape index (κ1) is 11.9. The molecule has 0 aliphatic rings. The number of hydrogen-bond donors (Lipinski definition) is 1. The van der Waals surface area contributed by atoms with Crippen molar-refractivity contribution < 1.29 is 0 Å². The molecule has 3 nitrogen and oxygen atoms in total. The third-order valence-electron chi connectivity index (χ3n) is 2.96. The smallest absolute Gasteiger partial charge is 0.221 e. The largest absolute Gasteiger partial charge is 0.274 e. The maximum Gasteiger partial charge on any atom is 0.221 e. The van der Waals surface area contributed by atoms with Gasteiger partial charge in [0, 0.05) is 5.56 Å². The Morgan fingerprint density at radius 3 is 2.37 bits per heavy atom. The highest BCUT2D eigenvalue weighted by molar-refractivity contribution is 7.71. The number of hydrogen-bond acceptors (Lipinski definition) is 2. The van der Waals surface area contributed by atoms with Crippen molar-refractivity contribution in [1.29, 1.82) is 0 Å². The molecule has 19 heavy (non-hydrogen) atoms. The molecule has 0 aliphatic carbocycles. The van der Waals surface area contributed by atoms with Gasteiger partial charge < -0.3 is 0 Å². The van der Waals surface area contributed by atoms with Crippen LogP contribution in [0, 0.1) is 11.7 Å². The second-order valence-corrected chi connectivity index (χ2v) is 4.76. The molecule has 0 spiro atoms. The molecule has 0 amide bonds. The van der Waals surface area contributed by atoms with Gasteiger partial charge in [0.1, 0.15) is 0 Å². The second kappa shape index (κ2) is 4.82. The molecular weight excluding hydrogens is 254 g/mol. The van der Waals surface area contributed by atoms with Gasteiger partial charge in [-0.15, -0.1) is 0 Å². The lowest BCUT2D eigenvalue weighted by atomic mass is 10.2. The number of aryl methyl sites for hydroxylation is 1. The van der Waals surface area contributed by atoms with Gasteiger partial charge in [-0.25, -0.2) is 4.68 Å². The van der Waals surface area contributed by atoms with Crippen LogP contribution in [0.5, 0.6) is 0 Å². The SMILES string of the molecule is Cc1ccc(-n2[nH]c(-c3ccccc3)nc2=S)cc1. The van der Waals surface area contributed by atoms with E-state index in [-0.39, 0.29) is 0 Å². The van der Waals surface area contributed by atoms with Gasteiger partial charge in [-0.2, -0.15) is 4.98 Å². The van der Waals surface area contributed by atoms with Crippen LogP contribution in [0.1, 0.15) is 5.56 Å². The molecule has 0 atom stereocenters. The molecule has 1 heterocycles. The Morgan fingerprint density at radius 1 is 1.00 bits per heavy atom. The zero-order valence-corrected chi connectivity index (χ0v) is 11.3.